The van der Waals surface area contributed by atoms with E-state index < -0.39 is 5.97 Å². The summed E-state index contributed by atoms with van der Waals surface area (Å²) < 4.78 is 0. The van der Waals surface area contributed by atoms with Crippen molar-refractivity contribution in [3.05, 3.63) is 41.0 Å². The van der Waals surface area contributed by atoms with Crippen LogP contribution in [0, 0.1) is 6.92 Å². The molecular weight excluding hydrogens is 284 g/mol. The summed E-state index contributed by atoms with van der Waals surface area (Å²) in [5, 5.41) is 8.89. The summed E-state index contributed by atoms with van der Waals surface area (Å²) in [6, 6.07) is 5.57. The van der Waals surface area contributed by atoms with Crippen molar-refractivity contribution in [3.8, 4) is 0 Å². The van der Waals surface area contributed by atoms with Crippen LogP contribution in [0.15, 0.2) is 24.3 Å². The van der Waals surface area contributed by atoms with Crippen molar-refractivity contribution in [2.75, 3.05) is 5.33 Å². The second kappa shape index (κ2) is 6.35. The fourth-order valence-electron chi connectivity index (χ4n) is 1.47. The van der Waals surface area contributed by atoms with E-state index in [0.29, 0.717) is 11.8 Å². The monoisotopic (exact) mass is 296 g/mol. The molecule has 0 aromatic heterocycles. The average molecular weight is 297 g/mol. The summed E-state index contributed by atoms with van der Waals surface area (Å²) in [4.78, 5) is 21.7. The van der Waals surface area contributed by atoms with Gasteiger partial charge in [0.05, 0.1) is 5.33 Å². The minimum atomic E-state index is -0.969. The number of carboxylic acids is 1. The van der Waals surface area contributed by atoms with Crippen LogP contribution in [-0.2, 0) is 16.0 Å². The zero-order valence-corrected chi connectivity index (χ0v) is 11.0. The van der Waals surface area contributed by atoms with E-state index in [0.717, 1.165) is 22.8 Å². The predicted molar refractivity (Wildman–Crippen MR) is 70.4 cm³/mol. The predicted octanol–water partition coefficient (Wildman–Crippen LogP) is 2.60. The molecule has 0 amide bonds. The Morgan fingerprint density at radius 2 is 2.12 bits per heavy atom. The van der Waals surface area contributed by atoms with Gasteiger partial charge in [-0.2, -0.15) is 0 Å². The van der Waals surface area contributed by atoms with Gasteiger partial charge in [0.1, 0.15) is 5.78 Å². The summed E-state index contributed by atoms with van der Waals surface area (Å²) >= 11 is 3.12. The van der Waals surface area contributed by atoms with Gasteiger partial charge in [0.2, 0.25) is 0 Å². The third-order valence-electron chi connectivity index (χ3n) is 2.29. The second-order valence-corrected chi connectivity index (χ2v) is 4.27. The summed E-state index contributed by atoms with van der Waals surface area (Å²) in [6.07, 6.45) is 3.05. The first kappa shape index (κ1) is 13.6. The van der Waals surface area contributed by atoms with E-state index in [9.17, 15) is 9.59 Å². The Morgan fingerprint density at radius 3 is 2.65 bits per heavy atom. The molecule has 0 unspecified atom stereocenters. The zero-order valence-electron chi connectivity index (χ0n) is 9.44. The van der Waals surface area contributed by atoms with Gasteiger partial charge in [0.15, 0.2) is 0 Å². The fourth-order valence-corrected chi connectivity index (χ4v) is 1.67. The highest BCUT2D eigenvalue weighted by Gasteiger charge is 2.03. The molecule has 1 N–H and O–H groups in total. The topological polar surface area (TPSA) is 54.4 Å². The zero-order chi connectivity index (χ0) is 12.8. The molecule has 3 nitrogen and oxygen atoms in total. The van der Waals surface area contributed by atoms with E-state index in [1.54, 1.807) is 6.08 Å². The van der Waals surface area contributed by atoms with Gasteiger partial charge >= 0.3 is 5.97 Å². The molecular formula is C13H13BrO3. The van der Waals surface area contributed by atoms with Crippen LogP contribution in [0.3, 0.4) is 0 Å². The number of halogens is 1. The Morgan fingerprint density at radius 1 is 1.41 bits per heavy atom. The van der Waals surface area contributed by atoms with Crippen LogP contribution in [-0.4, -0.2) is 22.2 Å². The van der Waals surface area contributed by atoms with E-state index in [1.807, 2.05) is 25.1 Å². The van der Waals surface area contributed by atoms with Crippen LogP contribution in [0.25, 0.3) is 6.08 Å². The maximum Gasteiger partial charge on any atom is 0.328 e. The highest BCUT2D eigenvalue weighted by atomic mass is 79.9. The first-order valence-electron chi connectivity index (χ1n) is 5.11. The first-order valence-corrected chi connectivity index (χ1v) is 6.23. The third kappa shape index (κ3) is 4.53. The number of carboxylic acid groups (broad SMARTS) is 1. The standard InChI is InChI=1S/C13H13BrO3/c1-9-6-10(7-12(15)8-14)2-3-11(9)4-5-13(16)17/h2-6H,7-8H2,1H3,(H,16,17)/b5-4+. The Bertz CT molecular complexity index is 464. The van der Waals surface area contributed by atoms with Crippen molar-refractivity contribution in [1.82, 2.24) is 0 Å². The van der Waals surface area contributed by atoms with Crippen molar-refractivity contribution in [2.45, 2.75) is 13.3 Å². The molecule has 1 aromatic carbocycles. The van der Waals surface area contributed by atoms with Crippen LogP contribution in [0.5, 0.6) is 0 Å². The minimum absolute atomic E-state index is 0.123. The lowest BCUT2D eigenvalue weighted by molar-refractivity contribution is -0.131. The lowest BCUT2D eigenvalue weighted by Gasteiger charge is -2.04. The number of aryl methyl sites for hydroxylation is 1. The van der Waals surface area contributed by atoms with Crippen molar-refractivity contribution in [1.29, 1.82) is 0 Å². The number of Topliss-reactive ketones (excluding diaryl/α,β-unsaturated/α-hetero) is 1. The Hall–Kier alpha value is -1.42. The molecule has 1 rings (SSSR count). The van der Waals surface area contributed by atoms with Gasteiger partial charge in [0, 0.05) is 12.5 Å². The molecule has 0 fully saturated rings. The SMILES string of the molecule is Cc1cc(CC(=O)CBr)ccc1/C=C/C(=O)O. The smallest absolute Gasteiger partial charge is 0.328 e. The number of benzene rings is 1. The number of ketones is 1. The van der Waals surface area contributed by atoms with Crippen molar-refractivity contribution in [2.24, 2.45) is 0 Å². The largest absolute Gasteiger partial charge is 0.478 e. The molecule has 0 aliphatic heterocycles. The number of carbonyl (C=O) groups excluding carboxylic acids is 1. The van der Waals surface area contributed by atoms with Crippen molar-refractivity contribution in [3.63, 3.8) is 0 Å². The lowest BCUT2D eigenvalue weighted by Crippen LogP contribution is -2.03. The third-order valence-corrected chi connectivity index (χ3v) is 2.92. The number of carbonyl (C=O) groups is 2. The van der Waals surface area contributed by atoms with Crippen LogP contribution >= 0.6 is 15.9 Å². The van der Waals surface area contributed by atoms with Crippen molar-refractivity contribution < 1.29 is 14.7 Å². The molecule has 17 heavy (non-hydrogen) atoms. The molecule has 0 heterocycles. The van der Waals surface area contributed by atoms with Gasteiger partial charge in [-0.05, 0) is 29.7 Å². The summed E-state index contributed by atoms with van der Waals surface area (Å²) in [5.41, 5.74) is 2.75. The summed E-state index contributed by atoms with van der Waals surface area (Å²) in [7, 11) is 0. The van der Waals surface area contributed by atoms with Crippen molar-refractivity contribution >= 4 is 33.8 Å². The number of hydrogen-bond acceptors (Lipinski definition) is 2. The van der Waals surface area contributed by atoms with Crippen LogP contribution in [0.4, 0.5) is 0 Å². The number of alkyl halides is 1. The van der Waals surface area contributed by atoms with Gasteiger partial charge in [-0.1, -0.05) is 34.1 Å². The summed E-state index contributed by atoms with van der Waals surface area (Å²) in [5.74, 6) is -0.846. The number of aliphatic carboxylic acids is 1. The first-order chi connectivity index (χ1) is 8.02. The second-order valence-electron chi connectivity index (χ2n) is 3.71. The van der Waals surface area contributed by atoms with Crippen LogP contribution in [0.1, 0.15) is 16.7 Å². The molecule has 0 spiro atoms. The molecule has 0 radical (unpaired) electrons. The fraction of sp³-hybridized carbons (Fsp3) is 0.231. The quantitative estimate of drug-likeness (QED) is 0.671. The van der Waals surface area contributed by atoms with Gasteiger partial charge in [0.25, 0.3) is 0 Å². The van der Waals surface area contributed by atoms with E-state index in [-0.39, 0.29) is 5.78 Å². The molecule has 0 saturated heterocycles. The van der Waals surface area contributed by atoms with Crippen LogP contribution in [0.2, 0.25) is 0 Å². The maximum atomic E-state index is 11.3. The number of rotatable bonds is 5. The molecule has 0 aliphatic rings. The Balaban J connectivity index is 2.86. The molecule has 0 aliphatic carbocycles. The molecule has 90 valence electrons. The highest BCUT2D eigenvalue weighted by molar-refractivity contribution is 9.09. The van der Waals surface area contributed by atoms with Gasteiger partial charge in [-0.3, -0.25) is 4.79 Å². The van der Waals surface area contributed by atoms with Crippen LogP contribution < -0.4 is 0 Å². The molecule has 1 aromatic rings. The summed E-state index contributed by atoms with van der Waals surface area (Å²) in [6.45, 7) is 1.89. The molecule has 0 saturated carbocycles. The maximum absolute atomic E-state index is 11.3. The molecule has 4 heteroatoms. The van der Waals surface area contributed by atoms with E-state index >= 15 is 0 Å². The lowest BCUT2D eigenvalue weighted by atomic mass is 10.0. The Labute approximate surface area is 108 Å². The van der Waals surface area contributed by atoms with Gasteiger partial charge in [-0.15, -0.1) is 0 Å². The van der Waals surface area contributed by atoms with E-state index in [2.05, 4.69) is 15.9 Å². The normalized spacial score (nSPS) is 10.7. The molecule has 0 atom stereocenters. The van der Waals surface area contributed by atoms with Gasteiger partial charge in [-0.25, -0.2) is 4.79 Å². The number of hydrogen-bond donors (Lipinski definition) is 1. The average Bonchev–Trinajstić information content (AvgIpc) is 2.27. The minimum Gasteiger partial charge on any atom is -0.478 e. The van der Waals surface area contributed by atoms with E-state index in [1.165, 1.54) is 0 Å². The Kier molecular flexibility index (Phi) is 5.10. The van der Waals surface area contributed by atoms with E-state index in [4.69, 9.17) is 5.11 Å². The van der Waals surface area contributed by atoms with Gasteiger partial charge < -0.3 is 5.11 Å². The molecule has 0 bridgehead atoms. The highest BCUT2D eigenvalue weighted by Crippen LogP contribution is 2.13.